The number of rotatable bonds is 4. The Morgan fingerprint density at radius 1 is 1.16 bits per heavy atom. The largest absolute Gasteiger partial charge is 0.325 e. The summed E-state index contributed by atoms with van der Waals surface area (Å²) in [7, 11) is 0. The van der Waals surface area contributed by atoms with Crippen LogP contribution in [0.25, 0.3) is 5.78 Å². The molecule has 0 aliphatic rings. The summed E-state index contributed by atoms with van der Waals surface area (Å²) in [5.74, 6) is 0.460. The molecule has 0 saturated carbocycles. The quantitative estimate of drug-likeness (QED) is 0.700. The molecule has 7 nitrogen and oxygen atoms in total. The van der Waals surface area contributed by atoms with Crippen molar-refractivity contribution in [1.29, 1.82) is 0 Å². The second-order valence-corrected chi connectivity index (χ2v) is 6.96. The molecule has 0 bridgehead atoms. The Balaban J connectivity index is 1.75. The van der Waals surface area contributed by atoms with Gasteiger partial charge >= 0.3 is 0 Å². The Kier molecular flexibility index (Phi) is 4.63. The molecular weight excluding hydrogens is 338 g/mol. The molecule has 2 heterocycles. The summed E-state index contributed by atoms with van der Waals surface area (Å²) in [6.07, 6.45) is 0. The lowest BCUT2D eigenvalue weighted by Crippen LogP contribution is -2.16. The standard InChI is InChI=1S/C17H19N5O2S/c1-9-5-10(2)7-13(6-9)18-14(23)8-25-17-21-20-16-19-15(24)11(3)12(4)22(16)17/h5-7H,8H2,1-4H3,(H,18,23)(H,19,20,24). The van der Waals surface area contributed by atoms with Crippen molar-refractivity contribution in [2.75, 3.05) is 11.1 Å². The number of H-pyrrole nitrogens is 1. The van der Waals surface area contributed by atoms with E-state index < -0.39 is 0 Å². The van der Waals surface area contributed by atoms with E-state index in [1.807, 2.05) is 32.9 Å². The van der Waals surface area contributed by atoms with Gasteiger partial charge in [0, 0.05) is 16.9 Å². The van der Waals surface area contributed by atoms with E-state index in [4.69, 9.17) is 0 Å². The third-order valence-electron chi connectivity index (χ3n) is 3.92. The number of aromatic nitrogens is 4. The minimum Gasteiger partial charge on any atom is -0.325 e. The molecule has 25 heavy (non-hydrogen) atoms. The number of thioether (sulfide) groups is 1. The first-order valence-electron chi connectivity index (χ1n) is 7.80. The zero-order valence-electron chi connectivity index (χ0n) is 14.5. The van der Waals surface area contributed by atoms with Gasteiger partial charge in [-0.25, -0.2) is 0 Å². The van der Waals surface area contributed by atoms with Crippen LogP contribution in [-0.2, 0) is 4.79 Å². The highest BCUT2D eigenvalue weighted by atomic mass is 32.2. The van der Waals surface area contributed by atoms with Crippen LogP contribution in [0.1, 0.15) is 22.4 Å². The molecule has 0 radical (unpaired) electrons. The normalized spacial score (nSPS) is 11.0. The third-order valence-corrected chi connectivity index (χ3v) is 4.84. The molecule has 2 N–H and O–H groups in total. The van der Waals surface area contributed by atoms with Crippen molar-refractivity contribution in [3.05, 3.63) is 50.9 Å². The summed E-state index contributed by atoms with van der Waals surface area (Å²) < 4.78 is 1.76. The first-order valence-corrected chi connectivity index (χ1v) is 8.79. The van der Waals surface area contributed by atoms with Gasteiger partial charge in [0.05, 0.1) is 5.75 Å². The maximum atomic E-state index is 12.2. The van der Waals surface area contributed by atoms with Crippen molar-refractivity contribution in [3.8, 4) is 0 Å². The lowest BCUT2D eigenvalue weighted by Gasteiger charge is -2.08. The molecule has 0 spiro atoms. The van der Waals surface area contributed by atoms with E-state index in [2.05, 4.69) is 26.6 Å². The Hall–Kier alpha value is -2.61. The fraction of sp³-hybridized carbons (Fsp3) is 0.294. The molecule has 0 aliphatic heterocycles. The number of aryl methyl sites for hydroxylation is 3. The molecule has 3 aromatic rings. The van der Waals surface area contributed by atoms with Crippen LogP contribution in [0.5, 0.6) is 0 Å². The molecule has 1 amide bonds. The minimum atomic E-state index is -0.179. The number of hydrogen-bond acceptors (Lipinski definition) is 5. The van der Waals surface area contributed by atoms with Crippen molar-refractivity contribution in [2.45, 2.75) is 32.9 Å². The summed E-state index contributed by atoms with van der Waals surface area (Å²) in [6, 6.07) is 5.92. The molecule has 130 valence electrons. The Labute approximate surface area is 148 Å². The molecule has 0 fully saturated rings. The Morgan fingerprint density at radius 3 is 2.52 bits per heavy atom. The topological polar surface area (TPSA) is 92.2 Å². The van der Waals surface area contributed by atoms with Crippen molar-refractivity contribution in [1.82, 2.24) is 19.6 Å². The van der Waals surface area contributed by atoms with Crippen LogP contribution in [0.4, 0.5) is 5.69 Å². The van der Waals surface area contributed by atoms with Gasteiger partial charge in [-0.2, -0.15) is 0 Å². The number of hydrogen-bond donors (Lipinski definition) is 2. The highest BCUT2D eigenvalue weighted by Crippen LogP contribution is 2.19. The summed E-state index contributed by atoms with van der Waals surface area (Å²) in [5, 5.41) is 11.5. The van der Waals surface area contributed by atoms with Gasteiger partial charge in [-0.05, 0) is 51.0 Å². The SMILES string of the molecule is Cc1cc(C)cc(NC(=O)CSc2nnc3[nH]c(=O)c(C)c(C)n23)c1. The van der Waals surface area contributed by atoms with E-state index in [0.717, 1.165) is 22.5 Å². The molecule has 0 atom stereocenters. The molecular formula is C17H19N5O2S. The molecule has 2 aromatic heterocycles. The van der Waals surface area contributed by atoms with Crippen LogP contribution < -0.4 is 10.9 Å². The zero-order valence-corrected chi connectivity index (χ0v) is 15.3. The van der Waals surface area contributed by atoms with Gasteiger partial charge in [0.15, 0.2) is 5.16 Å². The average Bonchev–Trinajstić information content (AvgIpc) is 2.92. The number of aromatic amines is 1. The van der Waals surface area contributed by atoms with Crippen molar-refractivity contribution >= 4 is 29.1 Å². The van der Waals surface area contributed by atoms with Crippen LogP contribution in [-0.4, -0.2) is 31.2 Å². The predicted octanol–water partition coefficient (Wildman–Crippen LogP) is 2.38. The van der Waals surface area contributed by atoms with E-state index in [9.17, 15) is 9.59 Å². The van der Waals surface area contributed by atoms with Crippen LogP contribution in [0, 0.1) is 27.7 Å². The van der Waals surface area contributed by atoms with Gasteiger partial charge in [0.1, 0.15) is 0 Å². The number of nitrogens with zero attached hydrogens (tertiary/aromatic N) is 3. The number of nitrogens with one attached hydrogen (secondary N) is 2. The van der Waals surface area contributed by atoms with Gasteiger partial charge in [-0.3, -0.25) is 19.0 Å². The maximum absolute atomic E-state index is 12.2. The van der Waals surface area contributed by atoms with Crippen LogP contribution >= 0.6 is 11.8 Å². The van der Waals surface area contributed by atoms with E-state index in [-0.39, 0.29) is 17.2 Å². The summed E-state index contributed by atoms with van der Waals surface area (Å²) >= 11 is 1.28. The van der Waals surface area contributed by atoms with E-state index >= 15 is 0 Å². The van der Waals surface area contributed by atoms with E-state index in [1.54, 1.807) is 11.3 Å². The fourth-order valence-corrected chi connectivity index (χ4v) is 3.43. The number of carbonyl (C=O) groups excluding carboxylic acids is 1. The lowest BCUT2D eigenvalue weighted by atomic mass is 10.1. The number of benzene rings is 1. The van der Waals surface area contributed by atoms with Crippen molar-refractivity contribution in [2.24, 2.45) is 0 Å². The first kappa shape index (κ1) is 17.2. The minimum absolute atomic E-state index is 0.120. The number of fused-ring (bicyclic) bond motifs is 1. The Bertz CT molecular complexity index is 1000. The molecule has 0 saturated heterocycles. The third kappa shape index (κ3) is 3.58. The van der Waals surface area contributed by atoms with Gasteiger partial charge in [-0.15, -0.1) is 10.2 Å². The number of carbonyl (C=O) groups is 1. The summed E-state index contributed by atoms with van der Waals surface area (Å²) in [5.41, 5.74) is 4.17. The highest BCUT2D eigenvalue weighted by molar-refractivity contribution is 7.99. The van der Waals surface area contributed by atoms with Gasteiger partial charge in [-0.1, -0.05) is 17.8 Å². The van der Waals surface area contributed by atoms with Gasteiger partial charge in [0.2, 0.25) is 11.7 Å². The van der Waals surface area contributed by atoms with E-state index in [1.165, 1.54) is 11.8 Å². The Morgan fingerprint density at radius 2 is 1.84 bits per heavy atom. The average molecular weight is 357 g/mol. The van der Waals surface area contributed by atoms with Crippen LogP contribution in [0.3, 0.4) is 0 Å². The highest BCUT2D eigenvalue weighted by Gasteiger charge is 2.14. The maximum Gasteiger partial charge on any atom is 0.255 e. The van der Waals surface area contributed by atoms with Gasteiger partial charge < -0.3 is 5.32 Å². The number of amides is 1. The molecule has 0 aliphatic carbocycles. The first-order chi connectivity index (χ1) is 11.8. The zero-order chi connectivity index (χ0) is 18.1. The smallest absolute Gasteiger partial charge is 0.255 e. The molecule has 0 unspecified atom stereocenters. The van der Waals surface area contributed by atoms with Crippen LogP contribution in [0.15, 0.2) is 28.2 Å². The second-order valence-electron chi connectivity index (χ2n) is 6.02. The molecule has 1 aromatic carbocycles. The lowest BCUT2D eigenvalue weighted by molar-refractivity contribution is -0.113. The predicted molar refractivity (Wildman–Crippen MR) is 98.4 cm³/mol. The number of anilines is 1. The fourth-order valence-electron chi connectivity index (χ4n) is 2.65. The summed E-state index contributed by atoms with van der Waals surface area (Å²) in [4.78, 5) is 26.7. The molecule has 8 heteroatoms. The van der Waals surface area contributed by atoms with Crippen molar-refractivity contribution in [3.63, 3.8) is 0 Å². The second kappa shape index (κ2) is 6.72. The monoisotopic (exact) mass is 357 g/mol. The van der Waals surface area contributed by atoms with Gasteiger partial charge in [0.25, 0.3) is 5.56 Å². The molecule has 3 rings (SSSR count). The van der Waals surface area contributed by atoms with Crippen LogP contribution in [0.2, 0.25) is 0 Å². The van der Waals surface area contributed by atoms with Crippen molar-refractivity contribution < 1.29 is 4.79 Å². The van der Waals surface area contributed by atoms with E-state index in [0.29, 0.717) is 16.5 Å². The summed E-state index contributed by atoms with van der Waals surface area (Å²) in [6.45, 7) is 7.56.